The lowest BCUT2D eigenvalue weighted by atomic mass is 10.2. The van der Waals surface area contributed by atoms with Crippen LogP contribution in [0.3, 0.4) is 0 Å². The molecule has 100 valence electrons. The maximum Gasteiger partial charge on any atom is 0.276 e. The zero-order chi connectivity index (χ0) is 13.9. The summed E-state index contributed by atoms with van der Waals surface area (Å²) in [7, 11) is 0. The van der Waals surface area contributed by atoms with Crippen molar-refractivity contribution < 1.29 is 4.79 Å². The summed E-state index contributed by atoms with van der Waals surface area (Å²) in [4.78, 5) is 15.0. The molecule has 0 unspecified atom stereocenters. The van der Waals surface area contributed by atoms with Crippen molar-refractivity contribution in [2.75, 3.05) is 0 Å². The minimum atomic E-state index is -0.0766. The maximum atomic E-state index is 12.4. The lowest BCUT2D eigenvalue weighted by Gasteiger charge is -2.13. The molecule has 0 radical (unpaired) electrons. The van der Waals surface area contributed by atoms with E-state index in [4.69, 9.17) is 12.2 Å². The highest BCUT2D eigenvalue weighted by Gasteiger charge is 2.30. The van der Waals surface area contributed by atoms with Crippen LogP contribution < -0.4 is 5.32 Å². The number of rotatable bonds is 3. The lowest BCUT2D eigenvalue weighted by Crippen LogP contribution is -2.29. The average molecular weight is 300 g/mol. The minimum absolute atomic E-state index is 0.0766. The van der Waals surface area contributed by atoms with Crippen LogP contribution >= 0.6 is 23.6 Å². The molecular formula is C15H12N2OS2. The molecule has 2 aromatic rings. The van der Waals surface area contributed by atoms with Gasteiger partial charge in [-0.1, -0.05) is 36.4 Å². The van der Waals surface area contributed by atoms with Crippen molar-refractivity contribution in [3.8, 4) is 0 Å². The van der Waals surface area contributed by atoms with Gasteiger partial charge in [-0.05, 0) is 35.3 Å². The van der Waals surface area contributed by atoms with E-state index in [1.165, 1.54) is 0 Å². The van der Waals surface area contributed by atoms with Gasteiger partial charge < -0.3 is 5.32 Å². The first-order valence-corrected chi connectivity index (χ1v) is 7.45. The second kappa shape index (κ2) is 5.56. The molecule has 1 aliphatic heterocycles. The van der Waals surface area contributed by atoms with Crippen LogP contribution in [0.25, 0.3) is 6.08 Å². The fraction of sp³-hybridized carbons (Fsp3) is 0.0667. The van der Waals surface area contributed by atoms with Gasteiger partial charge >= 0.3 is 0 Å². The number of nitrogens with one attached hydrogen (secondary N) is 1. The minimum Gasteiger partial charge on any atom is -0.328 e. The largest absolute Gasteiger partial charge is 0.328 e. The van der Waals surface area contributed by atoms with Crippen LogP contribution in [-0.4, -0.2) is 15.9 Å². The second-order valence-corrected chi connectivity index (χ2v) is 5.75. The van der Waals surface area contributed by atoms with Crippen LogP contribution in [0.1, 0.15) is 10.4 Å². The molecule has 0 bridgehead atoms. The quantitative estimate of drug-likeness (QED) is 0.698. The van der Waals surface area contributed by atoms with Crippen molar-refractivity contribution in [2.45, 2.75) is 6.54 Å². The highest BCUT2D eigenvalue weighted by Crippen LogP contribution is 2.19. The van der Waals surface area contributed by atoms with E-state index in [9.17, 15) is 4.79 Å². The molecule has 2 heterocycles. The molecule has 1 aromatic carbocycles. The van der Waals surface area contributed by atoms with Gasteiger partial charge in [0.25, 0.3) is 5.91 Å². The molecule has 1 N–H and O–H groups in total. The van der Waals surface area contributed by atoms with Crippen molar-refractivity contribution in [2.24, 2.45) is 0 Å². The Morgan fingerprint density at radius 3 is 2.70 bits per heavy atom. The monoisotopic (exact) mass is 300 g/mol. The molecule has 1 saturated heterocycles. The summed E-state index contributed by atoms with van der Waals surface area (Å²) in [6.07, 6.45) is 1.84. The zero-order valence-corrected chi connectivity index (χ0v) is 12.2. The standard InChI is InChI=1S/C15H12N2OS2/c18-14-13(9-12-7-4-8-20-12)16-15(19)17(14)10-11-5-2-1-3-6-11/h1-9H,10H2,(H,16,19)/b13-9-. The first kappa shape index (κ1) is 13.0. The molecule has 0 atom stereocenters. The molecule has 1 aliphatic rings. The van der Waals surface area contributed by atoms with E-state index >= 15 is 0 Å². The summed E-state index contributed by atoms with van der Waals surface area (Å²) in [5.74, 6) is -0.0766. The van der Waals surface area contributed by atoms with Gasteiger partial charge in [-0.2, -0.15) is 0 Å². The fourth-order valence-electron chi connectivity index (χ4n) is 2.00. The summed E-state index contributed by atoms with van der Waals surface area (Å²) >= 11 is 6.83. The smallest absolute Gasteiger partial charge is 0.276 e. The number of carbonyl (C=O) groups is 1. The van der Waals surface area contributed by atoms with E-state index < -0.39 is 0 Å². The van der Waals surface area contributed by atoms with E-state index in [0.29, 0.717) is 17.4 Å². The van der Waals surface area contributed by atoms with Crippen LogP contribution in [-0.2, 0) is 11.3 Å². The highest BCUT2D eigenvalue weighted by molar-refractivity contribution is 7.80. The summed E-state index contributed by atoms with van der Waals surface area (Å²) in [5.41, 5.74) is 1.59. The van der Waals surface area contributed by atoms with Crippen molar-refractivity contribution in [1.29, 1.82) is 0 Å². The number of hydrogen-bond acceptors (Lipinski definition) is 3. The first-order valence-electron chi connectivity index (χ1n) is 6.16. The van der Waals surface area contributed by atoms with E-state index in [1.54, 1.807) is 16.2 Å². The van der Waals surface area contributed by atoms with Gasteiger partial charge in [0.15, 0.2) is 5.11 Å². The van der Waals surface area contributed by atoms with Crippen molar-refractivity contribution >= 4 is 40.7 Å². The average Bonchev–Trinajstić information content (AvgIpc) is 3.05. The number of carbonyl (C=O) groups excluding carboxylic acids is 1. The third-order valence-electron chi connectivity index (χ3n) is 2.98. The number of nitrogens with zero attached hydrogens (tertiary/aromatic N) is 1. The van der Waals surface area contributed by atoms with Gasteiger partial charge in [0, 0.05) is 4.88 Å². The normalized spacial score (nSPS) is 16.8. The third kappa shape index (κ3) is 2.64. The number of thiophene rings is 1. The first-order chi connectivity index (χ1) is 9.74. The molecule has 20 heavy (non-hydrogen) atoms. The molecule has 0 saturated carbocycles. The van der Waals surface area contributed by atoms with E-state index in [1.807, 2.05) is 53.9 Å². The van der Waals surface area contributed by atoms with Crippen LogP contribution in [0.15, 0.2) is 53.5 Å². The Hall–Kier alpha value is -1.98. The molecule has 1 amide bonds. The highest BCUT2D eigenvalue weighted by atomic mass is 32.1. The van der Waals surface area contributed by atoms with Gasteiger partial charge in [0.1, 0.15) is 5.70 Å². The van der Waals surface area contributed by atoms with Crippen molar-refractivity contribution in [3.05, 3.63) is 64.0 Å². The second-order valence-electron chi connectivity index (χ2n) is 4.38. The predicted molar refractivity (Wildman–Crippen MR) is 85.0 cm³/mol. The Balaban J connectivity index is 1.81. The van der Waals surface area contributed by atoms with Gasteiger partial charge in [-0.15, -0.1) is 11.3 Å². The van der Waals surface area contributed by atoms with Crippen molar-refractivity contribution in [1.82, 2.24) is 10.2 Å². The SMILES string of the molecule is O=C1/C(=C/c2cccs2)NC(=S)N1Cc1ccccc1. The van der Waals surface area contributed by atoms with Crippen LogP contribution in [0, 0.1) is 0 Å². The van der Waals surface area contributed by atoms with Gasteiger partial charge in [0.05, 0.1) is 6.54 Å². The summed E-state index contributed by atoms with van der Waals surface area (Å²) in [6, 6.07) is 13.7. The molecule has 3 rings (SSSR count). The topological polar surface area (TPSA) is 32.3 Å². The summed E-state index contributed by atoms with van der Waals surface area (Å²) in [5, 5.41) is 5.43. The number of benzene rings is 1. The van der Waals surface area contributed by atoms with Crippen molar-refractivity contribution in [3.63, 3.8) is 0 Å². The summed E-state index contributed by atoms with van der Waals surface area (Å²) < 4.78 is 0. The third-order valence-corrected chi connectivity index (χ3v) is 4.12. The Morgan fingerprint density at radius 1 is 1.20 bits per heavy atom. The molecule has 0 aliphatic carbocycles. The van der Waals surface area contributed by atoms with E-state index in [0.717, 1.165) is 10.4 Å². The van der Waals surface area contributed by atoms with Gasteiger partial charge in [-0.25, -0.2) is 0 Å². The molecule has 1 aromatic heterocycles. The van der Waals surface area contributed by atoms with Gasteiger partial charge in [0.2, 0.25) is 0 Å². The van der Waals surface area contributed by atoms with Crippen LogP contribution in [0.2, 0.25) is 0 Å². The Kier molecular flexibility index (Phi) is 3.62. The molecule has 5 heteroatoms. The zero-order valence-electron chi connectivity index (χ0n) is 10.6. The maximum absolute atomic E-state index is 12.4. The molecular weight excluding hydrogens is 288 g/mol. The van der Waals surface area contributed by atoms with E-state index in [2.05, 4.69) is 5.32 Å². The van der Waals surface area contributed by atoms with Gasteiger partial charge in [-0.3, -0.25) is 9.69 Å². The molecule has 1 fully saturated rings. The van der Waals surface area contributed by atoms with Crippen LogP contribution in [0.5, 0.6) is 0 Å². The summed E-state index contributed by atoms with van der Waals surface area (Å²) in [6.45, 7) is 0.493. The molecule has 3 nitrogen and oxygen atoms in total. The number of thiocarbonyl (C=S) groups is 1. The number of amides is 1. The predicted octanol–water partition coefficient (Wildman–Crippen LogP) is 3.01. The molecule has 0 spiro atoms. The Labute approximate surface area is 126 Å². The fourth-order valence-corrected chi connectivity index (χ4v) is 2.91. The lowest BCUT2D eigenvalue weighted by molar-refractivity contribution is -0.122. The Morgan fingerprint density at radius 2 is 2.00 bits per heavy atom. The Bertz CT molecular complexity index is 662. The number of hydrogen-bond donors (Lipinski definition) is 1. The van der Waals surface area contributed by atoms with E-state index in [-0.39, 0.29) is 5.91 Å². The van der Waals surface area contributed by atoms with Crippen LogP contribution in [0.4, 0.5) is 0 Å².